The van der Waals surface area contributed by atoms with Crippen molar-refractivity contribution in [1.82, 2.24) is 14.8 Å². The van der Waals surface area contributed by atoms with Gasteiger partial charge >= 0.3 is 0 Å². The molecule has 0 bridgehead atoms. The number of fused-ring (bicyclic) bond motifs is 2. The molecule has 8 nitrogen and oxygen atoms in total. The molecule has 0 amide bonds. The zero-order chi connectivity index (χ0) is 22.6. The van der Waals surface area contributed by atoms with Crippen LogP contribution in [0, 0.1) is 0 Å². The molecule has 9 heteroatoms. The smallest absolute Gasteiger partial charge is 0.271 e. The van der Waals surface area contributed by atoms with Gasteiger partial charge in [0.1, 0.15) is 5.75 Å². The SMILES string of the molecule is COc1ccc2cc(C3SC(C)=Nc4c3c(=O)[nH]n4C3CCOC(C)(C)C3)c(=O)[nH]c2c1. The number of aromatic nitrogens is 3. The van der Waals surface area contributed by atoms with Crippen molar-refractivity contribution in [3.05, 3.63) is 56.1 Å². The summed E-state index contributed by atoms with van der Waals surface area (Å²) in [4.78, 5) is 33.9. The number of benzene rings is 1. The number of nitrogens with one attached hydrogen (secondary N) is 2. The van der Waals surface area contributed by atoms with Gasteiger partial charge in [0, 0.05) is 18.2 Å². The predicted molar refractivity (Wildman–Crippen MR) is 127 cm³/mol. The Morgan fingerprint density at radius 3 is 2.81 bits per heavy atom. The Kier molecular flexibility index (Phi) is 5.05. The maximum Gasteiger partial charge on any atom is 0.271 e. The number of aromatic amines is 2. The first-order valence-corrected chi connectivity index (χ1v) is 11.5. The van der Waals surface area contributed by atoms with Gasteiger partial charge < -0.3 is 14.5 Å². The summed E-state index contributed by atoms with van der Waals surface area (Å²) >= 11 is 1.43. The van der Waals surface area contributed by atoms with E-state index in [1.54, 1.807) is 13.2 Å². The van der Waals surface area contributed by atoms with Gasteiger partial charge in [-0.25, -0.2) is 4.99 Å². The van der Waals surface area contributed by atoms with E-state index in [-0.39, 0.29) is 22.8 Å². The molecule has 32 heavy (non-hydrogen) atoms. The first kappa shape index (κ1) is 21.1. The largest absolute Gasteiger partial charge is 0.497 e. The van der Waals surface area contributed by atoms with Crippen molar-refractivity contribution < 1.29 is 9.47 Å². The molecule has 4 heterocycles. The van der Waals surface area contributed by atoms with Crippen LogP contribution in [-0.4, -0.2) is 39.1 Å². The Bertz CT molecular complexity index is 1350. The van der Waals surface area contributed by atoms with Gasteiger partial charge in [-0.1, -0.05) is 11.8 Å². The number of rotatable bonds is 3. The molecule has 2 aliphatic rings. The van der Waals surface area contributed by atoms with Crippen molar-refractivity contribution in [2.75, 3.05) is 13.7 Å². The second kappa shape index (κ2) is 7.67. The summed E-state index contributed by atoms with van der Waals surface area (Å²) in [5.41, 5.74) is 1.08. The van der Waals surface area contributed by atoms with Crippen molar-refractivity contribution in [3.63, 3.8) is 0 Å². The molecule has 1 aromatic carbocycles. The highest BCUT2D eigenvalue weighted by molar-refractivity contribution is 8.14. The van der Waals surface area contributed by atoms with Crippen molar-refractivity contribution in [2.45, 2.75) is 50.5 Å². The van der Waals surface area contributed by atoms with Crippen LogP contribution in [0.5, 0.6) is 5.75 Å². The second-order valence-corrected chi connectivity index (χ2v) is 10.2. The van der Waals surface area contributed by atoms with E-state index < -0.39 is 5.25 Å². The van der Waals surface area contributed by atoms with Crippen LogP contribution in [-0.2, 0) is 4.74 Å². The van der Waals surface area contributed by atoms with Gasteiger partial charge in [-0.3, -0.25) is 19.4 Å². The lowest BCUT2D eigenvalue weighted by Crippen LogP contribution is -2.35. The van der Waals surface area contributed by atoms with Crippen molar-refractivity contribution in [2.24, 2.45) is 4.99 Å². The fraction of sp³-hybridized carbons (Fsp3) is 0.435. The number of nitrogens with zero attached hydrogens (tertiary/aromatic N) is 2. The molecule has 2 aromatic heterocycles. The third-order valence-electron chi connectivity index (χ3n) is 6.15. The first-order chi connectivity index (χ1) is 15.3. The minimum atomic E-state index is -0.435. The van der Waals surface area contributed by atoms with Crippen LogP contribution in [0.15, 0.2) is 38.8 Å². The molecule has 2 N–H and O–H groups in total. The average molecular weight is 455 g/mol. The van der Waals surface area contributed by atoms with Crippen molar-refractivity contribution in [1.29, 1.82) is 0 Å². The van der Waals surface area contributed by atoms with E-state index in [0.717, 1.165) is 23.3 Å². The van der Waals surface area contributed by atoms with Crippen LogP contribution < -0.4 is 15.9 Å². The van der Waals surface area contributed by atoms with E-state index >= 15 is 0 Å². The lowest BCUT2D eigenvalue weighted by Gasteiger charge is -2.36. The van der Waals surface area contributed by atoms with Crippen LogP contribution in [0.2, 0.25) is 0 Å². The fourth-order valence-electron chi connectivity index (χ4n) is 4.63. The van der Waals surface area contributed by atoms with E-state index in [1.165, 1.54) is 11.8 Å². The van der Waals surface area contributed by atoms with Crippen molar-refractivity contribution >= 4 is 33.5 Å². The molecular weight excluding hydrogens is 428 g/mol. The number of H-pyrrole nitrogens is 2. The fourth-order valence-corrected chi connectivity index (χ4v) is 5.74. The minimum Gasteiger partial charge on any atom is -0.497 e. The summed E-state index contributed by atoms with van der Waals surface area (Å²) in [5, 5.41) is 4.27. The maximum atomic E-state index is 13.1. The van der Waals surface area contributed by atoms with E-state index in [1.807, 2.05) is 29.8 Å². The van der Waals surface area contributed by atoms with Crippen LogP contribution in [0.1, 0.15) is 56.0 Å². The van der Waals surface area contributed by atoms with Gasteiger partial charge in [-0.2, -0.15) is 0 Å². The van der Waals surface area contributed by atoms with E-state index in [9.17, 15) is 9.59 Å². The Hall–Kier alpha value is -2.78. The molecule has 0 aliphatic carbocycles. The Balaban J connectivity index is 1.63. The summed E-state index contributed by atoms with van der Waals surface area (Å²) < 4.78 is 13.0. The summed E-state index contributed by atoms with van der Waals surface area (Å²) in [7, 11) is 1.59. The Morgan fingerprint density at radius 1 is 1.25 bits per heavy atom. The number of methoxy groups -OCH3 is 1. The topological polar surface area (TPSA) is 101 Å². The van der Waals surface area contributed by atoms with Gasteiger partial charge in [0.2, 0.25) is 0 Å². The highest BCUT2D eigenvalue weighted by Gasteiger charge is 2.36. The molecule has 168 valence electrons. The third-order valence-corrected chi connectivity index (χ3v) is 7.31. The number of hydrogen-bond acceptors (Lipinski definition) is 6. The Morgan fingerprint density at radius 2 is 2.06 bits per heavy atom. The molecule has 2 aliphatic heterocycles. The zero-order valence-corrected chi connectivity index (χ0v) is 19.3. The molecule has 0 radical (unpaired) electrons. The number of hydrogen-bond donors (Lipinski definition) is 2. The lowest BCUT2D eigenvalue weighted by atomic mass is 9.94. The summed E-state index contributed by atoms with van der Waals surface area (Å²) in [6.45, 7) is 6.66. The average Bonchev–Trinajstić information content (AvgIpc) is 3.07. The third kappa shape index (κ3) is 3.59. The van der Waals surface area contributed by atoms with E-state index in [0.29, 0.717) is 34.8 Å². The predicted octanol–water partition coefficient (Wildman–Crippen LogP) is 4.04. The molecule has 1 fully saturated rings. The highest BCUT2D eigenvalue weighted by Crippen LogP contribution is 2.45. The summed E-state index contributed by atoms with van der Waals surface area (Å²) in [6.07, 6.45) is 1.57. The summed E-state index contributed by atoms with van der Waals surface area (Å²) in [5.74, 6) is 1.29. The standard InChI is InChI=1S/C23H26N4O4S/c1-12-24-20-18(22(29)26-27(20)14-7-8-31-23(2,3)11-14)19(32-12)16-9-13-5-6-15(30-4)10-17(13)25-21(16)28/h5-6,9-10,14,19H,7-8,11H2,1-4H3,(H,25,28)(H,26,29). The second-order valence-electron chi connectivity index (χ2n) is 8.94. The quantitative estimate of drug-likeness (QED) is 0.622. The number of aliphatic imine (C=N–C) groups is 1. The Labute approximate surface area is 189 Å². The molecule has 2 unspecified atom stereocenters. The number of ether oxygens (including phenoxy) is 2. The van der Waals surface area contributed by atoms with Gasteiger partial charge in [0.05, 0.1) is 40.1 Å². The monoisotopic (exact) mass is 454 g/mol. The van der Waals surface area contributed by atoms with E-state index in [2.05, 4.69) is 23.9 Å². The number of thioether (sulfide) groups is 1. The van der Waals surface area contributed by atoms with Crippen LogP contribution >= 0.6 is 11.8 Å². The summed E-state index contributed by atoms with van der Waals surface area (Å²) in [6, 6.07) is 7.50. The van der Waals surface area contributed by atoms with Gasteiger partial charge in [0.15, 0.2) is 5.82 Å². The van der Waals surface area contributed by atoms with Gasteiger partial charge in [-0.05, 0) is 57.2 Å². The molecule has 3 aromatic rings. The highest BCUT2D eigenvalue weighted by atomic mass is 32.2. The molecule has 1 saturated heterocycles. The molecule has 0 saturated carbocycles. The maximum absolute atomic E-state index is 13.1. The first-order valence-electron chi connectivity index (χ1n) is 10.7. The normalized spacial score (nSPS) is 22.4. The minimum absolute atomic E-state index is 0.0813. The van der Waals surface area contributed by atoms with Gasteiger partial charge in [-0.15, -0.1) is 0 Å². The van der Waals surface area contributed by atoms with Crippen LogP contribution in [0.4, 0.5) is 5.82 Å². The molecule has 5 rings (SSSR count). The molecule has 0 spiro atoms. The van der Waals surface area contributed by atoms with Crippen LogP contribution in [0.3, 0.4) is 0 Å². The zero-order valence-electron chi connectivity index (χ0n) is 18.5. The van der Waals surface area contributed by atoms with Crippen LogP contribution in [0.25, 0.3) is 10.9 Å². The van der Waals surface area contributed by atoms with Crippen molar-refractivity contribution in [3.8, 4) is 5.75 Å². The number of pyridine rings is 1. The van der Waals surface area contributed by atoms with Gasteiger partial charge in [0.25, 0.3) is 11.1 Å². The molecule has 2 atom stereocenters. The lowest BCUT2D eigenvalue weighted by molar-refractivity contribution is -0.0705. The van der Waals surface area contributed by atoms with E-state index in [4.69, 9.17) is 14.5 Å². The molecular formula is C23H26N4O4S.